The summed E-state index contributed by atoms with van der Waals surface area (Å²) in [5, 5.41) is 2.68. The zero-order valence-corrected chi connectivity index (χ0v) is 19.2. The van der Waals surface area contributed by atoms with Crippen LogP contribution in [-0.4, -0.2) is 15.7 Å². The first-order valence-electron chi connectivity index (χ1n) is 10.7. The Morgan fingerprint density at radius 2 is 1.52 bits per heavy atom. The zero-order chi connectivity index (χ0) is 23.0. The molecular formula is C27H25FN2O2S. The maximum absolute atomic E-state index is 13.3. The lowest BCUT2D eigenvalue weighted by molar-refractivity contribution is 0.101. The van der Waals surface area contributed by atoms with E-state index in [2.05, 4.69) is 22.0 Å². The van der Waals surface area contributed by atoms with Crippen molar-refractivity contribution >= 4 is 17.1 Å². The third-order valence-electron chi connectivity index (χ3n) is 5.17. The van der Waals surface area contributed by atoms with Crippen LogP contribution in [0.5, 0.6) is 5.75 Å². The number of Topliss-reactive ketones (excluding diaryl/α,β-unsaturated/α-hetero) is 1. The highest BCUT2D eigenvalue weighted by Crippen LogP contribution is 2.20. The average Bonchev–Trinajstić information content (AvgIpc) is 3.30. The maximum Gasteiger partial charge on any atom is 0.178 e. The predicted molar refractivity (Wildman–Crippen MR) is 129 cm³/mol. The first kappa shape index (κ1) is 22.8. The molecule has 3 aromatic carbocycles. The molecule has 0 bridgehead atoms. The summed E-state index contributed by atoms with van der Waals surface area (Å²) in [5.74, 6) is 0.537. The van der Waals surface area contributed by atoms with E-state index >= 15 is 0 Å². The Morgan fingerprint density at radius 1 is 0.879 bits per heavy atom. The second kappa shape index (κ2) is 11.0. The van der Waals surface area contributed by atoms with Crippen LogP contribution >= 0.6 is 11.3 Å². The fraction of sp³-hybridized carbons (Fsp3) is 0.185. The minimum atomic E-state index is -0.248. The number of ether oxygens (including phenoxy) is 1. The third kappa shape index (κ3) is 6.81. The molecule has 1 aromatic heterocycles. The fourth-order valence-electron chi connectivity index (χ4n) is 3.44. The van der Waals surface area contributed by atoms with Gasteiger partial charge < -0.3 is 4.74 Å². The van der Waals surface area contributed by atoms with Crippen LogP contribution in [0, 0.1) is 5.82 Å². The number of aromatic nitrogens is 1. The Morgan fingerprint density at radius 3 is 2.12 bits per heavy atom. The quantitative estimate of drug-likeness (QED) is 0.262. The number of nitrogens with zero attached hydrogens (tertiary/aromatic N) is 2. The van der Waals surface area contributed by atoms with Crippen LogP contribution in [0.2, 0.25) is 0 Å². The SMILES string of the molecule is CC(=O)c1csc(CN(Cc2ccc(F)cc2)Cc2ccc(OCc3ccccc3)cc2)n1. The van der Waals surface area contributed by atoms with Crippen molar-refractivity contribution in [1.82, 2.24) is 9.88 Å². The lowest BCUT2D eigenvalue weighted by Gasteiger charge is -2.22. The zero-order valence-electron chi connectivity index (χ0n) is 18.4. The highest BCUT2D eigenvalue weighted by Gasteiger charge is 2.13. The van der Waals surface area contributed by atoms with E-state index in [1.807, 2.05) is 42.5 Å². The molecule has 0 aliphatic carbocycles. The van der Waals surface area contributed by atoms with Crippen LogP contribution in [0.25, 0.3) is 0 Å². The smallest absolute Gasteiger partial charge is 0.178 e. The van der Waals surface area contributed by atoms with Crippen molar-refractivity contribution in [2.75, 3.05) is 0 Å². The minimum absolute atomic E-state index is 0.0336. The second-order valence-electron chi connectivity index (χ2n) is 7.87. The summed E-state index contributed by atoms with van der Waals surface area (Å²) in [6.45, 7) is 3.98. The molecule has 0 saturated carbocycles. The molecule has 1 heterocycles. The number of rotatable bonds is 10. The Hall–Kier alpha value is -3.35. The molecule has 0 saturated heterocycles. The van der Waals surface area contributed by atoms with Gasteiger partial charge in [-0.3, -0.25) is 9.69 Å². The Bertz CT molecular complexity index is 1170. The van der Waals surface area contributed by atoms with Crippen LogP contribution in [0.4, 0.5) is 4.39 Å². The van der Waals surface area contributed by atoms with E-state index in [0.29, 0.717) is 31.9 Å². The van der Waals surface area contributed by atoms with Crippen LogP contribution in [0.15, 0.2) is 84.2 Å². The number of carbonyl (C=O) groups excluding carboxylic acids is 1. The van der Waals surface area contributed by atoms with Gasteiger partial charge in [-0.25, -0.2) is 9.37 Å². The largest absolute Gasteiger partial charge is 0.489 e. The lowest BCUT2D eigenvalue weighted by Crippen LogP contribution is -2.22. The number of ketones is 1. The third-order valence-corrected chi connectivity index (χ3v) is 6.00. The van der Waals surface area contributed by atoms with Gasteiger partial charge in [0.2, 0.25) is 0 Å². The molecule has 0 aliphatic rings. The fourth-order valence-corrected chi connectivity index (χ4v) is 4.32. The number of hydrogen-bond acceptors (Lipinski definition) is 5. The molecule has 0 spiro atoms. The Labute approximate surface area is 197 Å². The van der Waals surface area contributed by atoms with E-state index in [4.69, 9.17) is 4.74 Å². The van der Waals surface area contributed by atoms with E-state index < -0.39 is 0 Å². The van der Waals surface area contributed by atoms with Crippen molar-refractivity contribution in [1.29, 1.82) is 0 Å². The summed E-state index contributed by atoms with van der Waals surface area (Å²) in [6, 6.07) is 24.7. The van der Waals surface area contributed by atoms with Crippen LogP contribution < -0.4 is 4.74 Å². The van der Waals surface area contributed by atoms with Crippen molar-refractivity contribution in [3.63, 3.8) is 0 Å². The monoisotopic (exact) mass is 460 g/mol. The normalized spacial score (nSPS) is 11.0. The molecular weight excluding hydrogens is 435 g/mol. The van der Waals surface area contributed by atoms with E-state index in [1.54, 1.807) is 17.5 Å². The molecule has 33 heavy (non-hydrogen) atoms. The minimum Gasteiger partial charge on any atom is -0.489 e. The molecule has 0 aliphatic heterocycles. The van der Waals surface area contributed by atoms with Crippen molar-refractivity contribution < 1.29 is 13.9 Å². The van der Waals surface area contributed by atoms with Gasteiger partial charge in [0.1, 0.15) is 28.9 Å². The molecule has 4 nitrogen and oxygen atoms in total. The van der Waals surface area contributed by atoms with Crippen LogP contribution in [0.3, 0.4) is 0 Å². The highest BCUT2D eigenvalue weighted by molar-refractivity contribution is 7.09. The number of benzene rings is 3. The Kier molecular flexibility index (Phi) is 7.60. The summed E-state index contributed by atoms with van der Waals surface area (Å²) >= 11 is 1.48. The topological polar surface area (TPSA) is 42.4 Å². The summed E-state index contributed by atoms with van der Waals surface area (Å²) in [7, 11) is 0. The molecule has 0 unspecified atom stereocenters. The first-order chi connectivity index (χ1) is 16.0. The molecule has 0 amide bonds. The van der Waals surface area contributed by atoms with Crippen LogP contribution in [0.1, 0.15) is 39.1 Å². The number of carbonyl (C=O) groups is 1. The van der Waals surface area contributed by atoms with Crippen molar-refractivity contribution in [2.24, 2.45) is 0 Å². The molecule has 168 valence electrons. The highest BCUT2D eigenvalue weighted by atomic mass is 32.1. The van der Waals surface area contributed by atoms with E-state index in [9.17, 15) is 9.18 Å². The van der Waals surface area contributed by atoms with E-state index in [-0.39, 0.29) is 11.6 Å². The van der Waals surface area contributed by atoms with E-state index in [1.165, 1.54) is 30.4 Å². The molecule has 0 atom stereocenters. The van der Waals surface area contributed by atoms with Gasteiger partial charge in [0.05, 0.1) is 6.54 Å². The van der Waals surface area contributed by atoms with Gasteiger partial charge in [-0.05, 0) is 41.0 Å². The van der Waals surface area contributed by atoms with Gasteiger partial charge in [-0.1, -0.05) is 54.6 Å². The molecule has 4 aromatic rings. The summed E-state index contributed by atoms with van der Waals surface area (Å²) < 4.78 is 19.2. The average molecular weight is 461 g/mol. The van der Waals surface area contributed by atoms with Crippen molar-refractivity contribution in [3.05, 3.63) is 117 Å². The van der Waals surface area contributed by atoms with Gasteiger partial charge in [-0.15, -0.1) is 11.3 Å². The summed E-state index contributed by atoms with van der Waals surface area (Å²) in [4.78, 5) is 18.3. The second-order valence-corrected chi connectivity index (χ2v) is 8.82. The lowest BCUT2D eigenvalue weighted by atomic mass is 10.1. The number of thiazole rings is 1. The number of halogens is 1. The standard InChI is InChI=1S/C27H25FN2O2S/c1-20(31)26-19-33-27(29-26)17-30(15-21-7-11-24(28)12-8-21)16-22-9-13-25(14-10-22)32-18-23-5-3-2-4-6-23/h2-14,19H,15-18H2,1H3. The predicted octanol–water partition coefficient (Wildman–Crippen LogP) is 6.27. The molecule has 6 heteroatoms. The maximum atomic E-state index is 13.3. The van der Waals surface area contributed by atoms with Gasteiger partial charge in [0, 0.05) is 25.4 Å². The van der Waals surface area contributed by atoms with Gasteiger partial charge in [0.25, 0.3) is 0 Å². The molecule has 0 fully saturated rings. The summed E-state index contributed by atoms with van der Waals surface area (Å²) in [5.41, 5.74) is 3.77. The van der Waals surface area contributed by atoms with Crippen molar-refractivity contribution in [3.8, 4) is 5.75 Å². The number of hydrogen-bond donors (Lipinski definition) is 0. The van der Waals surface area contributed by atoms with Gasteiger partial charge in [0.15, 0.2) is 5.78 Å². The first-order valence-corrected chi connectivity index (χ1v) is 11.6. The molecule has 4 rings (SSSR count). The molecule has 0 radical (unpaired) electrons. The van der Waals surface area contributed by atoms with E-state index in [0.717, 1.165) is 27.4 Å². The van der Waals surface area contributed by atoms with Crippen molar-refractivity contribution in [2.45, 2.75) is 33.2 Å². The Balaban J connectivity index is 1.43. The molecule has 0 N–H and O–H groups in total. The van der Waals surface area contributed by atoms with Gasteiger partial charge >= 0.3 is 0 Å². The summed E-state index contributed by atoms with van der Waals surface area (Å²) in [6.07, 6.45) is 0. The van der Waals surface area contributed by atoms with Gasteiger partial charge in [-0.2, -0.15) is 0 Å². The van der Waals surface area contributed by atoms with Crippen LogP contribution in [-0.2, 0) is 26.2 Å².